The maximum absolute atomic E-state index is 12.2. The highest BCUT2D eigenvalue weighted by atomic mass is 16.2. The Hall–Kier alpha value is -1.85. The molecule has 0 spiro atoms. The van der Waals surface area contributed by atoms with Crippen LogP contribution in [0, 0.1) is 6.92 Å². The molecule has 2 unspecified atom stereocenters. The number of rotatable bonds is 1. The van der Waals surface area contributed by atoms with Crippen LogP contribution in [0.5, 0.6) is 0 Å². The van der Waals surface area contributed by atoms with E-state index < -0.39 is 0 Å². The van der Waals surface area contributed by atoms with Crippen LogP contribution in [0.1, 0.15) is 29.0 Å². The summed E-state index contributed by atoms with van der Waals surface area (Å²) in [6, 6.07) is 1.87. The van der Waals surface area contributed by atoms with Crippen LogP contribution in [0.3, 0.4) is 0 Å². The summed E-state index contributed by atoms with van der Waals surface area (Å²) in [4.78, 5) is 25.3. The Balaban J connectivity index is 1.81. The molecular weight excluding hydrogens is 220 g/mol. The van der Waals surface area contributed by atoms with Crippen molar-refractivity contribution in [2.45, 2.75) is 31.8 Å². The maximum atomic E-state index is 12.2. The number of hydrogen-bond acceptors (Lipinski definition) is 3. The summed E-state index contributed by atoms with van der Waals surface area (Å²) >= 11 is 0. The van der Waals surface area contributed by atoms with E-state index in [0.717, 1.165) is 12.1 Å². The van der Waals surface area contributed by atoms with E-state index in [1.807, 2.05) is 6.92 Å². The Morgan fingerprint density at radius 3 is 3.12 bits per heavy atom. The molecule has 2 N–H and O–H groups in total. The number of hydrogen-bond donors (Lipinski definition) is 2. The van der Waals surface area contributed by atoms with Gasteiger partial charge in [0.15, 0.2) is 0 Å². The quantitative estimate of drug-likeness (QED) is 0.707. The van der Waals surface area contributed by atoms with Crippen molar-refractivity contribution in [1.82, 2.24) is 20.4 Å². The van der Waals surface area contributed by atoms with Crippen LogP contribution in [0.25, 0.3) is 0 Å². The fraction of sp³-hybridized carbons (Fsp3) is 0.545. The van der Waals surface area contributed by atoms with Crippen molar-refractivity contribution in [2.75, 3.05) is 6.54 Å². The number of aromatic amines is 1. The van der Waals surface area contributed by atoms with Crippen molar-refractivity contribution in [1.29, 1.82) is 0 Å². The molecule has 90 valence electrons. The normalized spacial score (nSPS) is 27.1. The van der Waals surface area contributed by atoms with Gasteiger partial charge in [0.1, 0.15) is 5.69 Å². The van der Waals surface area contributed by atoms with Crippen LogP contribution in [0.2, 0.25) is 0 Å². The largest absolute Gasteiger partial charge is 0.351 e. The molecule has 0 aromatic carbocycles. The molecule has 2 atom stereocenters. The molecule has 1 aromatic rings. The molecule has 0 saturated carbocycles. The molecule has 3 heterocycles. The zero-order valence-corrected chi connectivity index (χ0v) is 9.56. The fourth-order valence-electron chi connectivity index (χ4n) is 2.66. The number of nitrogens with one attached hydrogen (secondary N) is 2. The number of fused-ring (bicyclic) bond motifs is 1. The van der Waals surface area contributed by atoms with Crippen molar-refractivity contribution >= 4 is 11.8 Å². The molecule has 3 rings (SSSR count). The summed E-state index contributed by atoms with van der Waals surface area (Å²) < 4.78 is 0. The molecule has 2 saturated heterocycles. The smallest absolute Gasteiger partial charge is 0.274 e. The lowest BCUT2D eigenvalue weighted by molar-refractivity contribution is -0.119. The van der Waals surface area contributed by atoms with Gasteiger partial charge in [-0.15, -0.1) is 0 Å². The lowest BCUT2D eigenvalue weighted by Crippen LogP contribution is -2.38. The van der Waals surface area contributed by atoms with Crippen molar-refractivity contribution < 1.29 is 9.59 Å². The third kappa shape index (κ3) is 1.60. The van der Waals surface area contributed by atoms with Crippen LogP contribution >= 0.6 is 0 Å². The van der Waals surface area contributed by atoms with E-state index in [4.69, 9.17) is 0 Å². The summed E-state index contributed by atoms with van der Waals surface area (Å²) in [7, 11) is 0. The number of aryl methyl sites for hydroxylation is 1. The number of likely N-dealkylation sites (tertiary alicyclic amines) is 1. The molecule has 2 aliphatic rings. The molecule has 1 aromatic heterocycles. The van der Waals surface area contributed by atoms with Gasteiger partial charge in [-0.25, -0.2) is 0 Å². The predicted octanol–water partition coefficient (Wildman–Crippen LogP) is -0.179. The Bertz CT molecular complexity index is 482. The summed E-state index contributed by atoms with van der Waals surface area (Å²) in [6.45, 7) is 2.55. The monoisotopic (exact) mass is 234 g/mol. The summed E-state index contributed by atoms with van der Waals surface area (Å²) in [5, 5.41) is 9.63. The molecular formula is C11H14N4O2. The number of H-pyrrole nitrogens is 1. The van der Waals surface area contributed by atoms with Gasteiger partial charge in [0, 0.05) is 18.7 Å². The molecule has 2 amide bonds. The number of nitrogens with zero attached hydrogens (tertiary/aromatic N) is 2. The van der Waals surface area contributed by atoms with Gasteiger partial charge in [-0.2, -0.15) is 5.10 Å². The summed E-state index contributed by atoms with van der Waals surface area (Å²) in [6.07, 6.45) is 1.26. The van der Waals surface area contributed by atoms with Gasteiger partial charge in [0.05, 0.1) is 12.1 Å². The standard InChI is InChI=1S/C11H14N4O2/c1-6-4-8(14-13-6)11(17)15-3-2-7-9(15)5-10(16)12-7/h4,7,9H,2-3,5H2,1H3,(H,12,16)(H,13,14). The molecule has 0 aliphatic carbocycles. The Labute approximate surface area is 98.4 Å². The van der Waals surface area contributed by atoms with Gasteiger partial charge in [0.25, 0.3) is 5.91 Å². The van der Waals surface area contributed by atoms with Gasteiger partial charge in [0.2, 0.25) is 5.91 Å². The van der Waals surface area contributed by atoms with E-state index in [0.29, 0.717) is 18.7 Å². The van der Waals surface area contributed by atoms with E-state index in [-0.39, 0.29) is 23.9 Å². The first-order valence-corrected chi connectivity index (χ1v) is 5.77. The molecule has 6 nitrogen and oxygen atoms in total. The number of amides is 2. The molecule has 2 aliphatic heterocycles. The highest BCUT2D eigenvalue weighted by Gasteiger charge is 2.43. The van der Waals surface area contributed by atoms with E-state index in [1.165, 1.54) is 0 Å². The van der Waals surface area contributed by atoms with Crippen LogP contribution in [0.15, 0.2) is 6.07 Å². The Morgan fingerprint density at radius 1 is 1.59 bits per heavy atom. The molecule has 17 heavy (non-hydrogen) atoms. The SMILES string of the molecule is Cc1cc(C(=O)N2CCC3NC(=O)CC32)n[nH]1. The Kier molecular flexibility index (Phi) is 2.17. The minimum absolute atomic E-state index is 0.00649. The molecule has 2 fully saturated rings. The predicted molar refractivity (Wildman–Crippen MR) is 59.3 cm³/mol. The fourth-order valence-corrected chi connectivity index (χ4v) is 2.66. The first-order valence-electron chi connectivity index (χ1n) is 5.77. The number of carbonyl (C=O) groups is 2. The molecule has 0 radical (unpaired) electrons. The Morgan fingerprint density at radius 2 is 2.41 bits per heavy atom. The molecule has 0 bridgehead atoms. The lowest BCUT2D eigenvalue weighted by atomic mass is 10.1. The topological polar surface area (TPSA) is 78.1 Å². The number of aromatic nitrogens is 2. The van der Waals surface area contributed by atoms with Crippen LogP contribution < -0.4 is 5.32 Å². The van der Waals surface area contributed by atoms with Crippen molar-refractivity contribution in [2.24, 2.45) is 0 Å². The van der Waals surface area contributed by atoms with Crippen molar-refractivity contribution in [3.63, 3.8) is 0 Å². The summed E-state index contributed by atoms with van der Waals surface area (Å²) in [5.74, 6) is -0.0472. The number of carbonyl (C=O) groups excluding carboxylic acids is 2. The van der Waals surface area contributed by atoms with E-state index in [2.05, 4.69) is 15.5 Å². The van der Waals surface area contributed by atoms with Crippen LogP contribution in [-0.2, 0) is 4.79 Å². The first kappa shape index (κ1) is 10.3. The second-order valence-corrected chi connectivity index (χ2v) is 4.67. The maximum Gasteiger partial charge on any atom is 0.274 e. The van der Waals surface area contributed by atoms with Gasteiger partial charge < -0.3 is 10.2 Å². The van der Waals surface area contributed by atoms with Gasteiger partial charge in [-0.05, 0) is 19.4 Å². The zero-order chi connectivity index (χ0) is 12.0. The van der Waals surface area contributed by atoms with E-state index in [9.17, 15) is 9.59 Å². The van der Waals surface area contributed by atoms with Gasteiger partial charge in [-0.1, -0.05) is 0 Å². The van der Waals surface area contributed by atoms with Gasteiger partial charge >= 0.3 is 0 Å². The highest BCUT2D eigenvalue weighted by Crippen LogP contribution is 2.26. The van der Waals surface area contributed by atoms with E-state index >= 15 is 0 Å². The van der Waals surface area contributed by atoms with Crippen molar-refractivity contribution in [3.05, 3.63) is 17.5 Å². The average Bonchev–Trinajstić information content (AvgIpc) is 2.92. The average molecular weight is 234 g/mol. The second kappa shape index (κ2) is 3.58. The highest BCUT2D eigenvalue weighted by molar-refractivity contribution is 5.94. The molecule has 6 heteroatoms. The third-order valence-electron chi connectivity index (χ3n) is 3.47. The third-order valence-corrected chi connectivity index (χ3v) is 3.47. The van der Waals surface area contributed by atoms with E-state index in [1.54, 1.807) is 11.0 Å². The summed E-state index contributed by atoms with van der Waals surface area (Å²) in [5.41, 5.74) is 1.30. The minimum Gasteiger partial charge on any atom is -0.351 e. The minimum atomic E-state index is -0.0849. The van der Waals surface area contributed by atoms with Crippen molar-refractivity contribution in [3.8, 4) is 0 Å². The van der Waals surface area contributed by atoms with Crippen LogP contribution in [0.4, 0.5) is 0 Å². The zero-order valence-electron chi connectivity index (χ0n) is 9.56. The lowest BCUT2D eigenvalue weighted by Gasteiger charge is -2.21. The first-order chi connectivity index (χ1) is 8.15. The van der Waals surface area contributed by atoms with Gasteiger partial charge in [-0.3, -0.25) is 14.7 Å². The van der Waals surface area contributed by atoms with Crippen LogP contribution in [-0.4, -0.2) is 45.5 Å². The second-order valence-electron chi connectivity index (χ2n) is 4.67.